The van der Waals surface area contributed by atoms with Gasteiger partial charge in [-0.15, -0.1) is 22.7 Å². The molecular formula is C18H13PS2. The summed E-state index contributed by atoms with van der Waals surface area (Å²) in [6, 6.07) is 22.0. The van der Waals surface area contributed by atoms with Crippen molar-refractivity contribution < 1.29 is 0 Å². The van der Waals surface area contributed by atoms with Crippen LogP contribution in [0, 0.1) is 0 Å². The quantitative estimate of drug-likeness (QED) is 0.376. The Kier molecular flexibility index (Phi) is 3.52. The molecule has 0 saturated heterocycles. The molecule has 0 saturated carbocycles. The van der Waals surface area contributed by atoms with Gasteiger partial charge >= 0.3 is 0 Å². The van der Waals surface area contributed by atoms with Crippen LogP contribution in [-0.4, -0.2) is 0 Å². The maximum Gasteiger partial charge on any atom is 0.0385 e. The minimum absolute atomic E-state index is 0.382. The predicted octanol–water partition coefficient (Wildman–Crippen LogP) is 7.12. The lowest BCUT2D eigenvalue weighted by Gasteiger charge is -2.03. The van der Waals surface area contributed by atoms with E-state index < -0.39 is 0 Å². The standard InChI is InChI=1S/C18H13PS2/c1-2-6-15(7-3-1)19-13-14(17-8-4-10-20-17)12-16(19)18-9-5-11-21-18/h1-13H. The van der Waals surface area contributed by atoms with Crippen molar-refractivity contribution in [2.24, 2.45) is 0 Å². The highest BCUT2D eigenvalue weighted by Crippen LogP contribution is 2.53. The Morgan fingerprint density at radius 2 is 1.43 bits per heavy atom. The van der Waals surface area contributed by atoms with E-state index in [0.29, 0.717) is 0 Å². The summed E-state index contributed by atoms with van der Waals surface area (Å²) in [6.45, 7) is 0. The van der Waals surface area contributed by atoms with Gasteiger partial charge in [0, 0.05) is 15.0 Å². The molecule has 0 aliphatic carbocycles. The van der Waals surface area contributed by atoms with Crippen molar-refractivity contribution in [3.05, 3.63) is 77.2 Å². The highest BCUT2D eigenvalue weighted by molar-refractivity contribution is 7.60. The molecule has 0 radical (unpaired) electrons. The van der Waals surface area contributed by atoms with Crippen LogP contribution in [0.15, 0.2) is 77.2 Å². The zero-order chi connectivity index (χ0) is 14.1. The molecule has 0 spiro atoms. The molecule has 3 heteroatoms. The average Bonchev–Trinajstić information content (AvgIpc) is 3.27. The van der Waals surface area contributed by atoms with Crippen LogP contribution in [0.2, 0.25) is 0 Å². The first-order valence-corrected chi connectivity index (χ1v) is 9.94. The molecule has 3 heterocycles. The highest BCUT2D eigenvalue weighted by Gasteiger charge is 2.13. The minimum Gasteiger partial charge on any atom is -0.144 e. The van der Waals surface area contributed by atoms with Gasteiger partial charge in [0.25, 0.3) is 0 Å². The number of hydrogen-bond acceptors (Lipinski definition) is 2. The summed E-state index contributed by atoms with van der Waals surface area (Å²) in [5, 5.41) is 7.23. The van der Waals surface area contributed by atoms with E-state index in [1.54, 1.807) is 0 Å². The highest BCUT2D eigenvalue weighted by atomic mass is 32.1. The van der Waals surface area contributed by atoms with Crippen molar-refractivity contribution in [1.29, 1.82) is 0 Å². The van der Waals surface area contributed by atoms with Gasteiger partial charge in [-0.1, -0.05) is 50.0 Å². The smallest absolute Gasteiger partial charge is 0.0385 e. The third-order valence-corrected chi connectivity index (χ3v) is 7.69. The summed E-state index contributed by atoms with van der Waals surface area (Å²) in [6.07, 6.45) is 0. The van der Waals surface area contributed by atoms with Gasteiger partial charge in [-0.25, -0.2) is 0 Å². The van der Waals surface area contributed by atoms with Crippen LogP contribution in [0.3, 0.4) is 0 Å². The van der Waals surface area contributed by atoms with Crippen LogP contribution in [0.4, 0.5) is 0 Å². The van der Waals surface area contributed by atoms with E-state index in [4.69, 9.17) is 0 Å². The second kappa shape index (κ2) is 5.65. The lowest BCUT2D eigenvalue weighted by atomic mass is 10.2. The Labute approximate surface area is 133 Å². The van der Waals surface area contributed by atoms with Gasteiger partial charge in [-0.05, 0) is 45.6 Å². The van der Waals surface area contributed by atoms with Crippen molar-refractivity contribution in [2.45, 2.75) is 0 Å². The Bertz CT molecular complexity index is 825. The van der Waals surface area contributed by atoms with Crippen LogP contribution in [0.25, 0.3) is 25.9 Å². The Morgan fingerprint density at radius 3 is 2.10 bits per heavy atom. The molecule has 4 rings (SSSR count). The molecule has 1 unspecified atom stereocenters. The van der Waals surface area contributed by atoms with Gasteiger partial charge in [0.15, 0.2) is 0 Å². The summed E-state index contributed by atoms with van der Waals surface area (Å²) in [5.74, 6) is 2.46. The van der Waals surface area contributed by atoms with E-state index in [1.165, 1.54) is 25.9 Å². The van der Waals surface area contributed by atoms with Crippen molar-refractivity contribution >= 4 is 30.2 Å². The summed E-state index contributed by atoms with van der Waals surface area (Å²) < 4.78 is 0. The molecule has 21 heavy (non-hydrogen) atoms. The normalized spacial score (nSPS) is 11.7. The first-order valence-electron chi connectivity index (χ1n) is 6.77. The molecule has 1 atom stereocenters. The van der Waals surface area contributed by atoms with Crippen LogP contribution in [0.5, 0.6) is 0 Å². The third kappa shape index (κ3) is 2.51. The van der Waals surface area contributed by atoms with Gasteiger partial charge in [0.2, 0.25) is 0 Å². The zero-order valence-corrected chi connectivity index (χ0v) is 13.8. The Morgan fingerprint density at radius 1 is 0.714 bits per heavy atom. The van der Waals surface area contributed by atoms with E-state index in [-0.39, 0.29) is 7.53 Å². The third-order valence-electron chi connectivity index (χ3n) is 3.43. The summed E-state index contributed by atoms with van der Waals surface area (Å²) in [4.78, 5) is 2.76. The fraction of sp³-hybridized carbons (Fsp3) is 0. The van der Waals surface area contributed by atoms with E-state index in [9.17, 15) is 0 Å². The maximum absolute atomic E-state index is 2.46. The molecule has 102 valence electrons. The van der Waals surface area contributed by atoms with Crippen LogP contribution < -0.4 is 0 Å². The Balaban J connectivity index is 1.92. The zero-order valence-electron chi connectivity index (χ0n) is 11.3. The van der Waals surface area contributed by atoms with Gasteiger partial charge in [-0.2, -0.15) is 0 Å². The molecule has 0 N–H and O–H groups in total. The molecule has 3 aromatic heterocycles. The van der Waals surface area contributed by atoms with E-state index in [2.05, 4.69) is 77.2 Å². The molecule has 1 aromatic carbocycles. The number of hydrogen-bond donors (Lipinski definition) is 0. The first-order chi connectivity index (χ1) is 10.4. The largest absolute Gasteiger partial charge is 0.144 e. The molecular weight excluding hydrogens is 311 g/mol. The van der Waals surface area contributed by atoms with Gasteiger partial charge in [0.05, 0.1) is 0 Å². The Hall–Kier alpha value is -1.60. The number of thiophene rings is 2. The molecule has 0 aliphatic rings. The number of rotatable bonds is 3. The first kappa shape index (κ1) is 13.1. The fourth-order valence-electron chi connectivity index (χ4n) is 2.46. The lowest BCUT2D eigenvalue weighted by molar-refractivity contribution is 1.76. The predicted molar refractivity (Wildman–Crippen MR) is 97.1 cm³/mol. The van der Waals surface area contributed by atoms with Gasteiger partial charge in [0.1, 0.15) is 0 Å². The number of benzene rings is 1. The summed E-state index contributed by atoms with van der Waals surface area (Å²) in [5.41, 5.74) is 1.38. The molecule has 4 aromatic rings. The van der Waals surface area contributed by atoms with Crippen LogP contribution in [-0.2, 0) is 0 Å². The van der Waals surface area contributed by atoms with Crippen LogP contribution >= 0.6 is 30.2 Å². The van der Waals surface area contributed by atoms with Crippen molar-refractivity contribution in [3.63, 3.8) is 0 Å². The molecule has 0 amide bonds. The summed E-state index contributed by atoms with van der Waals surface area (Å²) in [7, 11) is -0.382. The summed E-state index contributed by atoms with van der Waals surface area (Å²) >= 11 is 3.65. The van der Waals surface area contributed by atoms with E-state index >= 15 is 0 Å². The second-order valence-electron chi connectivity index (χ2n) is 4.77. The average molecular weight is 324 g/mol. The molecule has 0 nitrogen and oxygen atoms in total. The van der Waals surface area contributed by atoms with Crippen molar-refractivity contribution in [3.8, 4) is 25.9 Å². The van der Waals surface area contributed by atoms with E-state index in [0.717, 1.165) is 0 Å². The van der Waals surface area contributed by atoms with Crippen molar-refractivity contribution in [2.75, 3.05) is 0 Å². The van der Waals surface area contributed by atoms with Crippen molar-refractivity contribution in [1.82, 2.24) is 0 Å². The topological polar surface area (TPSA) is 0 Å². The molecule has 0 fully saturated rings. The van der Waals surface area contributed by atoms with Gasteiger partial charge in [-0.3, -0.25) is 0 Å². The SMILES string of the molecule is c1ccc(-p2cc(-c3cccs3)cc2-c2cccs2)cc1. The minimum atomic E-state index is -0.382. The lowest BCUT2D eigenvalue weighted by Crippen LogP contribution is -1.66. The second-order valence-corrected chi connectivity index (χ2v) is 8.67. The van der Waals surface area contributed by atoms with Crippen LogP contribution in [0.1, 0.15) is 0 Å². The fourth-order valence-corrected chi connectivity index (χ4v) is 6.49. The molecule has 0 aliphatic heterocycles. The maximum atomic E-state index is 2.46. The van der Waals surface area contributed by atoms with E-state index in [1.807, 2.05) is 22.7 Å². The van der Waals surface area contributed by atoms with Gasteiger partial charge < -0.3 is 0 Å². The molecule has 0 bridgehead atoms. The monoisotopic (exact) mass is 324 g/mol.